The third-order valence-electron chi connectivity index (χ3n) is 3.42. The number of aromatic nitrogens is 1. The zero-order valence-corrected chi connectivity index (χ0v) is 13.2. The maximum atomic E-state index is 6.26. The van der Waals surface area contributed by atoms with Gasteiger partial charge in [0.1, 0.15) is 0 Å². The number of nitrogens with zero attached hydrogens (tertiary/aromatic N) is 1. The van der Waals surface area contributed by atoms with Crippen LogP contribution in [0.2, 0.25) is 10.0 Å². The minimum atomic E-state index is 0.143. The van der Waals surface area contributed by atoms with Crippen LogP contribution in [0, 0.1) is 0 Å². The second kappa shape index (κ2) is 7.07. The summed E-state index contributed by atoms with van der Waals surface area (Å²) in [6.07, 6.45) is 3.59. The fraction of sp³-hybridized carbons (Fsp3) is 0.312. The molecule has 0 amide bonds. The fourth-order valence-corrected chi connectivity index (χ4v) is 2.79. The van der Waals surface area contributed by atoms with Gasteiger partial charge in [0.15, 0.2) is 0 Å². The van der Waals surface area contributed by atoms with E-state index in [1.54, 1.807) is 6.07 Å². The van der Waals surface area contributed by atoms with Gasteiger partial charge in [-0.25, -0.2) is 0 Å². The predicted molar refractivity (Wildman–Crippen MR) is 85.6 cm³/mol. The van der Waals surface area contributed by atoms with Gasteiger partial charge in [0.2, 0.25) is 0 Å². The first-order valence-corrected chi connectivity index (χ1v) is 7.46. The molecule has 20 heavy (non-hydrogen) atoms. The number of pyridine rings is 1. The van der Waals surface area contributed by atoms with Gasteiger partial charge in [0.05, 0.1) is 11.7 Å². The van der Waals surface area contributed by atoms with E-state index >= 15 is 0 Å². The van der Waals surface area contributed by atoms with Gasteiger partial charge in [0, 0.05) is 16.2 Å². The molecule has 1 unspecified atom stereocenters. The van der Waals surface area contributed by atoms with Crippen molar-refractivity contribution in [3.63, 3.8) is 0 Å². The maximum absolute atomic E-state index is 6.26. The molecule has 0 aliphatic heterocycles. The number of hydrogen-bond donors (Lipinski definition) is 1. The Hall–Kier alpha value is -1.09. The van der Waals surface area contributed by atoms with Gasteiger partial charge in [-0.05, 0) is 49.2 Å². The van der Waals surface area contributed by atoms with Crippen molar-refractivity contribution in [1.29, 1.82) is 0 Å². The molecule has 0 aliphatic rings. The summed E-state index contributed by atoms with van der Waals surface area (Å²) in [5.74, 6) is 0. The Morgan fingerprint density at radius 3 is 2.65 bits per heavy atom. The van der Waals surface area contributed by atoms with Crippen molar-refractivity contribution in [2.75, 3.05) is 7.05 Å². The third kappa shape index (κ3) is 3.51. The smallest absolute Gasteiger partial charge is 0.0608 e. The van der Waals surface area contributed by atoms with Crippen molar-refractivity contribution in [2.45, 2.75) is 25.8 Å². The molecule has 0 spiro atoms. The lowest BCUT2D eigenvalue weighted by Gasteiger charge is -2.19. The molecule has 2 nitrogen and oxygen atoms in total. The number of benzene rings is 1. The average Bonchev–Trinajstić information content (AvgIpc) is 2.46. The van der Waals surface area contributed by atoms with Gasteiger partial charge in [-0.1, -0.05) is 42.3 Å². The molecule has 1 aromatic heterocycles. The summed E-state index contributed by atoms with van der Waals surface area (Å²) < 4.78 is 0. The zero-order chi connectivity index (χ0) is 14.5. The van der Waals surface area contributed by atoms with Crippen molar-refractivity contribution in [3.8, 4) is 0 Å². The highest BCUT2D eigenvalue weighted by Crippen LogP contribution is 2.26. The summed E-state index contributed by atoms with van der Waals surface area (Å²) in [5.41, 5.74) is 3.42. The monoisotopic (exact) mass is 308 g/mol. The molecule has 4 heteroatoms. The summed E-state index contributed by atoms with van der Waals surface area (Å²) in [5, 5.41) is 4.69. The molecule has 0 aliphatic carbocycles. The number of aryl methyl sites for hydroxylation is 1. The predicted octanol–water partition coefficient (Wildman–Crippen LogP) is 4.45. The SMILES string of the molecule is CCc1cccnc1C(Cc1ccc(Cl)cc1Cl)NC. The van der Waals surface area contributed by atoms with Crippen LogP contribution in [0.4, 0.5) is 0 Å². The lowest BCUT2D eigenvalue weighted by molar-refractivity contribution is 0.570. The molecule has 0 bridgehead atoms. The van der Waals surface area contributed by atoms with Crippen molar-refractivity contribution in [1.82, 2.24) is 10.3 Å². The Morgan fingerprint density at radius 2 is 2.00 bits per heavy atom. The molecule has 1 atom stereocenters. The normalized spacial score (nSPS) is 12.4. The topological polar surface area (TPSA) is 24.9 Å². The standard InChI is InChI=1S/C16H18Cl2N2/c1-3-11-5-4-8-20-16(11)15(19-2)9-12-6-7-13(17)10-14(12)18/h4-8,10,15,19H,3,9H2,1-2H3. The highest BCUT2D eigenvalue weighted by atomic mass is 35.5. The van der Waals surface area contributed by atoms with Crippen LogP contribution in [0.1, 0.15) is 29.8 Å². The molecule has 0 saturated heterocycles. The van der Waals surface area contributed by atoms with Crippen LogP contribution in [0.15, 0.2) is 36.5 Å². The summed E-state index contributed by atoms with van der Waals surface area (Å²) in [6, 6.07) is 9.87. The van der Waals surface area contributed by atoms with Gasteiger partial charge in [-0.15, -0.1) is 0 Å². The molecule has 0 saturated carbocycles. The first-order chi connectivity index (χ1) is 9.65. The van der Waals surface area contributed by atoms with Gasteiger partial charge < -0.3 is 5.32 Å². The Labute approximate surface area is 130 Å². The van der Waals surface area contributed by atoms with E-state index in [1.807, 2.05) is 31.4 Å². The van der Waals surface area contributed by atoms with Crippen LogP contribution in [0.5, 0.6) is 0 Å². The minimum Gasteiger partial charge on any atom is -0.311 e. The van der Waals surface area contributed by atoms with Gasteiger partial charge >= 0.3 is 0 Å². The van der Waals surface area contributed by atoms with E-state index < -0.39 is 0 Å². The molecular formula is C16H18Cl2N2. The maximum Gasteiger partial charge on any atom is 0.0608 e. The van der Waals surface area contributed by atoms with Crippen LogP contribution < -0.4 is 5.32 Å². The van der Waals surface area contributed by atoms with Gasteiger partial charge in [0.25, 0.3) is 0 Å². The van der Waals surface area contributed by atoms with Gasteiger partial charge in [-0.2, -0.15) is 0 Å². The van der Waals surface area contributed by atoms with Crippen LogP contribution in [0.3, 0.4) is 0 Å². The zero-order valence-electron chi connectivity index (χ0n) is 11.7. The lowest BCUT2D eigenvalue weighted by atomic mass is 9.98. The first-order valence-electron chi connectivity index (χ1n) is 6.70. The van der Waals surface area contributed by atoms with E-state index in [0.717, 1.165) is 24.1 Å². The minimum absolute atomic E-state index is 0.143. The van der Waals surface area contributed by atoms with Crippen LogP contribution in [-0.2, 0) is 12.8 Å². The molecule has 2 aromatic rings. The van der Waals surface area contributed by atoms with E-state index in [-0.39, 0.29) is 6.04 Å². The first kappa shape index (κ1) is 15.3. The van der Waals surface area contributed by atoms with Crippen molar-refractivity contribution in [2.24, 2.45) is 0 Å². The van der Waals surface area contributed by atoms with E-state index in [1.165, 1.54) is 5.56 Å². The van der Waals surface area contributed by atoms with Crippen molar-refractivity contribution in [3.05, 3.63) is 63.4 Å². The molecule has 1 aromatic carbocycles. The molecule has 106 valence electrons. The number of halogens is 2. The van der Waals surface area contributed by atoms with E-state index in [2.05, 4.69) is 23.3 Å². The molecule has 1 heterocycles. The number of hydrogen-bond acceptors (Lipinski definition) is 2. The van der Waals surface area contributed by atoms with Crippen LogP contribution in [0.25, 0.3) is 0 Å². The molecular weight excluding hydrogens is 291 g/mol. The second-order valence-electron chi connectivity index (χ2n) is 4.68. The van der Waals surface area contributed by atoms with E-state index in [0.29, 0.717) is 10.0 Å². The summed E-state index contributed by atoms with van der Waals surface area (Å²) >= 11 is 12.2. The van der Waals surface area contributed by atoms with Crippen molar-refractivity contribution >= 4 is 23.2 Å². The Kier molecular flexibility index (Phi) is 5.41. The summed E-state index contributed by atoms with van der Waals surface area (Å²) in [6.45, 7) is 2.14. The van der Waals surface area contributed by atoms with Gasteiger partial charge in [-0.3, -0.25) is 4.98 Å². The molecule has 0 fully saturated rings. The highest BCUT2D eigenvalue weighted by Gasteiger charge is 2.16. The van der Waals surface area contributed by atoms with E-state index in [4.69, 9.17) is 23.2 Å². The number of rotatable bonds is 5. The largest absolute Gasteiger partial charge is 0.311 e. The number of nitrogens with one attached hydrogen (secondary N) is 1. The highest BCUT2D eigenvalue weighted by molar-refractivity contribution is 6.35. The summed E-state index contributed by atoms with van der Waals surface area (Å²) in [4.78, 5) is 4.53. The van der Waals surface area contributed by atoms with Crippen LogP contribution in [-0.4, -0.2) is 12.0 Å². The number of likely N-dealkylation sites (N-methyl/N-ethyl adjacent to an activating group) is 1. The fourth-order valence-electron chi connectivity index (χ4n) is 2.31. The summed E-state index contributed by atoms with van der Waals surface area (Å²) in [7, 11) is 1.95. The average molecular weight is 309 g/mol. The lowest BCUT2D eigenvalue weighted by Crippen LogP contribution is -2.21. The Bertz CT molecular complexity index is 584. The Balaban J connectivity index is 2.29. The molecule has 2 rings (SSSR count). The second-order valence-corrected chi connectivity index (χ2v) is 5.53. The molecule has 1 N–H and O–H groups in total. The van der Waals surface area contributed by atoms with Crippen LogP contribution >= 0.6 is 23.2 Å². The third-order valence-corrected chi connectivity index (χ3v) is 4.01. The van der Waals surface area contributed by atoms with Crippen molar-refractivity contribution < 1.29 is 0 Å². The Morgan fingerprint density at radius 1 is 1.20 bits per heavy atom. The quantitative estimate of drug-likeness (QED) is 0.882. The van der Waals surface area contributed by atoms with E-state index in [9.17, 15) is 0 Å². The molecule has 0 radical (unpaired) electrons.